The second kappa shape index (κ2) is 10.6. The summed E-state index contributed by atoms with van der Waals surface area (Å²) in [6, 6.07) is 10.9. The molecule has 2 aromatic carbocycles. The predicted octanol–water partition coefficient (Wildman–Crippen LogP) is 3.23. The van der Waals surface area contributed by atoms with Gasteiger partial charge in [0.1, 0.15) is 5.82 Å². The van der Waals surface area contributed by atoms with Crippen LogP contribution in [0.5, 0.6) is 11.5 Å². The Hall–Kier alpha value is -3.24. The monoisotopic (exact) mass is 493 g/mol. The molecule has 3 rings (SSSR count). The van der Waals surface area contributed by atoms with Crippen molar-refractivity contribution < 1.29 is 27.1 Å². The van der Waals surface area contributed by atoms with Crippen molar-refractivity contribution in [2.24, 2.45) is 0 Å². The summed E-state index contributed by atoms with van der Waals surface area (Å²) in [6.07, 6.45) is 1.50. The number of methoxy groups -OCH3 is 2. The van der Waals surface area contributed by atoms with Crippen molar-refractivity contribution in [3.8, 4) is 11.5 Å². The van der Waals surface area contributed by atoms with Crippen molar-refractivity contribution in [2.45, 2.75) is 17.3 Å². The van der Waals surface area contributed by atoms with E-state index in [0.717, 1.165) is 17.8 Å². The minimum atomic E-state index is -4.11. The average molecular weight is 494 g/mol. The zero-order valence-corrected chi connectivity index (χ0v) is 19.4. The van der Waals surface area contributed by atoms with Crippen LogP contribution < -0.4 is 14.8 Å². The molecule has 0 aliphatic carbocycles. The van der Waals surface area contributed by atoms with Crippen LogP contribution in [-0.4, -0.2) is 45.1 Å². The van der Waals surface area contributed by atoms with Crippen LogP contribution in [0.15, 0.2) is 53.8 Å². The van der Waals surface area contributed by atoms with E-state index in [2.05, 4.69) is 15.3 Å². The maximum atomic E-state index is 13.9. The van der Waals surface area contributed by atoms with Gasteiger partial charge in [-0.2, -0.15) is 0 Å². The first-order valence-electron chi connectivity index (χ1n) is 9.73. The normalized spacial score (nSPS) is 11.2. The molecular weight excluding hydrogens is 473 g/mol. The molecule has 0 atom stereocenters. The molecule has 174 valence electrons. The number of benzene rings is 2. The Labute approximate surface area is 195 Å². The Morgan fingerprint density at radius 3 is 2.55 bits per heavy atom. The van der Waals surface area contributed by atoms with Crippen LogP contribution in [0.4, 0.5) is 4.39 Å². The molecule has 1 amide bonds. The first-order valence-corrected chi connectivity index (χ1v) is 11.8. The van der Waals surface area contributed by atoms with E-state index in [0.29, 0.717) is 17.9 Å². The molecule has 0 bridgehead atoms. The van der Waals surface area contributed by atoms with Gasteiger partial charge in [-0.1, -0.05) is 35.9 Å². The Morgan fingerprint density at radius 1 is 1.12 bits per heavy atom. The molecule has 0 saturated carbocycles. The predicted molar refractivity (Wildman–Crippen MR) is 120 cm³/mol. The molecule has 0 radical (unpaired) electrons. The van der Waals surface area contributed by atoms with E-state index in [9.17, 15) is 17.6 Å². The molecule has 0 spiro atoms. The molecule has 33 heavy (non-hydrogen) atoms. The van der Waals surface area contributed by atoms with Crippen LogP contribution >= 0.6 is 11.6 Å². The summed E-state index contributed by atoms with van der Waals surface area (Å²) >= 11 is 6.02. The molecule has 0 saturated heterocycles. The minimum absolute atomic E-state index is 0.0306. The first kappa shape index (κ1) is 24.4. The van der Waals surface area contributed by atoms with Gasteiger partial charge in [0.2, 0.25) is 15.0 Å². The van der Waals surface area contributed by atoms with E-state index in [4.69, 9.17) is 21.1 Å². The molecule has 1 heterocycles. The van der Waals surface area contributed by atoms with E-state index in [-0.39, 0.29) is 22.8 Å². The SMILES string of the molecule is COc1ccc(CCNC(=O)c2nc(S(=O)(=O)Cc3ccccc3F)ncc2Cl)cc1OC. The highest BCUT2D eigenvalue weighted by Crippen LogP contribution is 2.27. The lowest BCUT2D eigenvalue weighted by molar-refractivity contribution is 0.0948. The molecule has 0 aliphatic heterocycles. The Kier molecular flexibility index (Phi) is 7.83. The number of aromatic nitrogens is 2. The summed E-state index contributed by atoms with van der Waals surface area (Å²) in [5, 5.41) is 1.93. The Bertz CT molecular complexity index is 1270. The van der Waals surface area contributed by atoms with E-state index in [1.807, 2.05) is 6.07 Å². The second-order valence-corrected chi connectivity index (χ2v) is 9.19. The van der Waals surface area contributed by atoms with E-state index in [1.54, 1.807) is 12.1 Å². The van der Waals surface area contributed by atoms with Crippen molar-refractivity contribution in [1.29, 1.82) is 0 Å². The number of nitrogens with zero attached hydrogens (tertiary/aromatic N) is 2. The third-order valence-corrected chi connectivity index (χ3v) is 6.39. The van der Waals surface area contributed by atoms with E-state index >= 15 is 0 Å². The number of hydrogen-bond acceptors (Lipinski definition) is 7. The van der Waals surface area contributed by atoms with Gasteiger partial charge in [-0.25, -0.2) is 22.8 Å². The zero-order chi connectivity index (χ0) is 24.0. The number of sulfone groups is 1. The van der Waals surface area contributed by atoms with Gasteiger partial charge < -0.3 is 14.8 Å². The van der Waals surface area contributed by atoms with Crippen LogP contribution in [0.3, 0.4) is 0 Å². The molecule has 0 aliphatic rings. The standard InChI is InChI=1S/C22H21ClFN3O5S/c1-31-18-8-7-14(11-19(18)32-2)9-10-25-21(28)20-16(23)12-26-22(27-20)33(29,30)13-15-5-3-4-6-17(15)24/h3-8,11-12H,9-10,13H2,1-2H3,(H,25,28). The topological polar surface area (TPSA) is 107 Å². The summed E-state index contributed by atoms with van der Waals surface area (Å²) in [5.41, 5.74) is 0.568. The number of carbonyl (C=O) groups excluding carboxylic acids is 1. The van der Waals surface area contributed by atoms with Gasteiger partial charge in [-0.3, -0.25) is 4.79 Å². The summed E-state index contributed by atoms with van der Waals surface area (Å²) in [6.45, 7) is 0.228. The highest BCUT2D eigenvalue weighted by molar-refractivity contribution is 7.90. The average Bonchev–Trinajstić information content (AvgIpc) is 2.80. The van der Waals surface area contributed by atoms with Crippen LogP contribution in [0.2, 0.25) is 5.02 Å². The largest absolute Gasteiger partial charge is 0.493 e. The summed E-state index contributed by atoms with van der Waals surface area (Å²) < 4.78 is 49.6. The number of amides is 1. The Morgan fingerprint density at radius 2 is 1.85 bits per heavy atom. The number of nitrogens with one attached hydrogen (secondary N) is 1. The summed E-state index contributed by atoms with van der Waals surface area (Å²) in [7, 11) is -1.05. The van der Waals surface area contributed by atoms with Crippen molar-refractivity contribution >= 4 is 27.3 Å². The van der Waals surface area contributed by atoms with Crippen molar-refractivity contribution in [1.82, 2.24) is 15.3 Å². The number of halogens is 2. The van der Waals surface area contributed by atoms with Crippen molar-refractivity contribution in [2.75, 3.05) is 20.8 Å². The van der Waals surface area contributed by atoms with Crippen molar-refractivity contribution in [3.63, 3.8) is 0 Å². The quantitative estimate of drug-likeness (QED) is 0.456. The second-order valence-electron chi connectivity index (χ2n) is 6.89. The van der Waals surface area contributed by atoms with Crippen LogP contribution in [-0.2, 0) is 22.0 Å². The van der Waals surface area contributed by atoms with E-state index < -0.39 is 32.5 Å². The maximum Gasteiger partial charge on any atom is 0.271 e. The van der Waals surface area contributed by atoms with E-state index in [1.165, 1.54) is 32.4 Å². The lowest BCUT2D eigenvalue weighted by atomic mass is 10.1. The fourth-order valence-electron chi connectivity index (χ4n) is 2.98. The summed E-state index contributed by atoms with van der Waals surface area (Å²) in [4.78, 5) is 20.2. The zero-order valence-electron chi connectivity index (χ0n) is 17.8. The lowest BCUT2D eigenvalue weighted by Crippen LogP contribution is -2.27. The Balaban J connectivity index is 1.71. The van der Waals surface area contributed by atoms with Crippen LogP contribution in [0, 0.1) is 5.82 Å². The maximum absolute atomic E-state index is 13.9. The fraction of sp³-hybridized carbons (Fsp3) is 0.227. The lowest BCUT2D eigenvalue weighted by Gasteiger charge is -2.11. The van der Waals surface area contributed by atoms with Crippen LogP contribution in [0.1, 0.15) is 21.6 Å². The third-order valence-electron chi connectivity index (χ3n) is 4.67. The molecule has 1 N–H and O–H groups in total. The number of hydrogen-bond donors (Lipinski definition) is 1. The van der Waals surface area contributed by atoms with Gasteiger partial charge in [0.15, 0.2) is 17.2 Å². The van der Waals surface area contributed by atoms with Gasteiger partial charge in [-0.15, -0.1) is 0 Å². The summed E-state index contributed by atoms with van der Waals surface area (Å²) in [5.74, 6) is -0.831. The van der Waals surface area contributed by atoms with Gasteiger partial charge in [0.25, 0.3) is 5.91 Å². The van der Waals surface area contributed by atoms with Gasteiger partial charge in [-0.05, 0) is 30.2 Å². The molecule has 11 heteroatoms. The smallest absolute Gasteiger partial charge is 0.271 e. The molecule has 0 unspecified atom stereocenters. The molecule has 3 aromatic rings. The minimum Gasteiger partial charge on any atom is -0.493 e. The molecule has 1 aromatic heterocycles. The van der Waals surface area contributed by atoms with Gasteiger partial charge in [0.05, 0.1) is 31.2 Å². The molecular formula is C22H21ClFN3O5S. The first-order chi connectivity index (χ1) is 15.7. The number of ether oxygens (including phenoxy) is 2. The van der Waals surface area contributed by atoms with Gasteiger partial charge in [0, 0.05) is 12.1 Å². The fourth-order valence-corrected chi connectivity index (χ4v) is 4.38. The number of carbonyl (C=O) groups is 1. The highest BCUT2D eigenvalue weighted by Gasteiger charge is 2.24. The van der Waals surface area contributed by atoms with Crippen molar-refractivity contribution in [3.05, 3.63) is 76.3 Å². The molecule has 8 nitrogen and oxygen atoms in total. The molecule has 0 fully saturated rings. The van der Waals surface area contributed by atoms with Crippen LogP contribution in [0.25, 0.3) is 0 Å². The van der Waals surface area contributed by atoms with Gasteiger partial charge >= 0.3 is 0 Å². The third kappa shape index (κ3) is 5.96. The highest BCUT2D eigenvalue weighted by atomic mass is 35.5. The number of rotatable bonds is 9.